The number of unbranched alkanes of at least 4 members (excludes halogenated alkanes) is 1. The molecule has 2 aromatic carbocycles. The Bertz CT molecular complexity index is 925. The zero-order chi connectivity index (χ0) is 22.1. The predicted molar refractivity (Wildman–Crippen MR) is 120 cm³/mol. The second-order valence-electron chi connectivity index (χ2n) is 7.76. The summed E-state index contributed by atoms with van der Waals surface area (Å²) in [5.41, 5.74) is 4.56. The van der Waals surface area contributed by atoms with Crippen LogP contribution in [0.2, 0.25) is 0 Å². The fourth-order valence-corrected chi connectivity index (χ4v) is 3.88. The number of benzene rings is 2. The zero-order valence-electron chi connectivity index (χ0n) is 18.1. The monoisotopic (exact) mass is 422 g/mol. The van der Waals surface area contributed by atoms with Gasteiger partial charge in [0.25, 0.3) is 0 Å². The van der Waals surface area contributed by atoms with Crippen LogP contribution in [-0.4, -0.2) is 31.4 Å². The summed E-state index contributed by atoms with van der Waals surface area (Å²) in [5, 5.41) is 2.82. The van der Waals surface area contributed by atoms with Gasteiger partial charge in [-0.15, -0.1) is 0 Å². The third-order valence-electron chi connectivity index (χ3n) is 5.62. The van der Waals surface area contributed by atoms with E-state index in [0.717, 1.165) is 18.5 Å². The predicted octanol–water partition coefficient (Wildman–Crippen LogP) is 3.56. The topological polar surface area (TPSA) is 75.7 Å². The Kier molecular flexibility index (Phi) is 8.21. The van der Waals surface area contributed by atoms with Gasteiger partial charge in [0, 0.05) is 31.5 Å². The molecule has 2 aromatic rings. The van der Waals surface area contributed by atoms with Crippen molar-refractivity contribution in [1.82, 2.24) is 5.32 Å². The van der Waals surface area contributed by atoms with Crippen molar-refractivity contribution in [3.05, 3.63) is 65.2 Å². The number of anilines is 1. The van der Waals surface area contributed by atoms with Crippen LogP contribution in [0.15, 0.2) is 48.5 Å². The van der Waals surface area contributed by atoms with E-state index in [4.69, 9.17) is 0 Å². The number of esters is 1. The number of carbonyl (C=O) groups excluding carboxylic acids is 3. The van der Waals surface area contributed by atoms with Gasteiger partial charge in [0.05, 0.1) is 13.7 Å². The maximum atomic E-state index is 13.1. The van der Waals surface area contributed by atoms with Crippen LogP contribution in [-0.2, 0) is 38.5 Å². The molecule has 6 nitrogen and oxygen atoms in total. The molecule has 1 heterocycles. The minimum absolute atomic E-state index is 0.00450. The van der Waals surface area contributed by atoms with E-state index in [0.29, 0.717) is 38.8 Å². The summed E-state index contributed by atoms with van der Waals surface area (Å²) in [5.74, 6) is -0.368. The molecule has 0 spiro atoms. The van der Waals surface area contributed by atoms with Gasteiger partial charge in [0.2, 0.25) is 11.8 Å². The van der Waals surface area contributed by atoms with Gasteiger partial charge in [0.1, 0.15) is 0 Å². The van der Waals surface area contributed by atoms with Crippen molar-refractivity contribution in [3.8, 4) is 0 Å². The summed E-state index contributed by atoms with van der Waals surface area (Å²) in [7, 11) is 1.36. The summed E-state index contributed by atoms with van der Waals surface area (Å²) in [6, 6.07) is 16.3. The molecule has 0 bridgehead atoms. The zero-order valence-corrected chi connectivity index (χ0v) is 18.1. The molecular formula is C25H30N2O4. The minimum Gasteiger partial charge on any atom is -0.469 e. The lowest BCUT2D eigenvalue weighted by atomic mass is 9.95. The molecule has 0 saturated heterocycles. The largest absolute Gasteiger partial charge is 0.469 e. The Morgan fingerprint density at radius 3 is 2.29 bits per heavy atom. The van der Waals surface area contributed by atoms with E-state index >= 15 is 0 Å². The highest BCUT2D eigenvalue weighted by Gasteiger charge is 2.22. The highest BCUT2D eigenvalue weighted by molar-refractivity contribution is 5.94. The van der Waals surface area contributed by atoms with E-state index in [2.05, 4.69) is 28.3 Å². The van der Waals surface area contributed by atoms with E-state index in [1.807, 2.05) is 35.2 Å². The first-order valence-electron chi connectivity index (χ1n) is 10.9. The van der Waals surface area contributed by atoms with Crippen LogP contribution < -0.4 is 10.2 Å². The van der Waals surface area contributed by atoms with E-state index in [9.17, 15) is 14.4 Å². The van der Waals surface area contributed by atoms with E-state index in [-0.39, 0.29) is 24.2 Å². The quantitative estimate of drug-likeness (QED) is 0.521. The molecule has 0 saturated carbocycles. The van der Waals surface area contributed by atoms with Crippen LogP contribution in [0.5, 0.6) is 0 Å². The molecule has 0 aliphatic carbocycles. The summed E-state index contributed by atoms with van der Waals surface area (Å²) < 4.78 is 4.59. The number of hydrogen-bond donors (Lipinski definition) is 1. The number of methoxy groups -OCH3 is 1. The molecule has 6 heteroatoms. The second-order valence-corrected chi connectivity index (χ2v) is 7.76. The number of rotatable bonds is 8. The molecule has 0 radical (unpaired) electrons. The lowest BCUT2D eigenvalue weighted by Crippen LogP contribution is -2.35. The molecule has 0 unspecified atom stereocenters. The number of ether oxygens (including phenoxy) is 1. The van der Waals surface area contributed by atoms with Gasteiger partial charge in [0.15, 0.2) is 0 Å². The molecule has 0 aromatic heterocycles. The standard InChI is InChI=1S/C25H30N2O4/c1-31-25(30)13-7-6-12-23(28)26-17-16-24(29)27-18-21-10-3-2-8-19(21)14-15-20-9-4-5-11-22(20)27/h2-5,8-11H,6-7,12-18H2,1H3,(H,26,28). The highest BCUT2D eigenvalue weighted by atomic mass is 16.5. The minimum atomic E-state index is -0.263. The van der Waals surface area contributed by atoms with Gasteiger partial charge in [-0.05, 0) is 48.4 Å². The maximum absolute atomic E-state index is 13.1. The first kappa shape index (κ1) is 22.5. The lowest BCUT2D eigenvalue weighted by Gasteiger charge is -2.29. The smallest absolute Gasteiger partial charge is 0.305 e. The van der Waals surface area contributed by atoms with Gasteiger partial charge in [-0.3, -0.25) is 14.4 Å². The van der Waals surface area contributed by atoms with Gasteiger partial charge < -0.3 is 15.0 Å². The number of hydrogen-bond acceptors (Lipinski definition) is 4. The van der Waals surface area contributed by atoms with Crippen molar-refractivity contribution in [2.75, 3.05) is 18.6 Å². The fourth-order valence-electron chi connectivity index (χ4n) is 3.88. The maximum Gasteiger partial charge on any atom is 0.305 e. The first-order valence-corrected chi connectivity index (χ1v) is 10.9. The molecule has 2 amide bonds. The average molecular weight is 423 g/mol. The molecule has 1 aliphatic heterocycles. The number of fused-ring (bicyclic) bond motifs is 2. The number of nitrogens with zero attached hydrogens (tertiary/aromatic N) is 1. The molecule has 31 heavy (non-hydrogen) atoms. The molecular weight excluding hydrogens is 392 g/mol. The number of carbonyl (C=O) groups is 3. The number of aryl methyl sites for hydroxylation is 2. The number of amides is 2. The normalized spacial score (nSPS) is 12.7. The van der Waals surface area contributed by atoms with Crippen molar-refractivity contribution < 1.29 is 19.1 Å². The molecule has 164 valence electrons. The van der Waals surface area contributed by atoms with Crippen LogP contribution in [0.25, 0.3) is 0 Å². The van der Waals surface area contributed by atoms with Crippen LogP contribution in [0.3, 0.4) is 0 Å². The van der Waals surface area contributed by atoms with E-state index in [1.54, 1.807) is 0 Å². The average Bonchev–Trinajstić information content (AvgIpc) is 2.78. The summed E-state index contributed by atoms with van der Waals surface area (Å²) in [6.07, 6.45) is 3.97. The summed E-state index contributed by atoms with van der Waals surface area (Å²) in [4.78, 5) is 38.1. The van der Waals surface area contributed by atoms with Crippen molar-refractivity contribution in [1.29, 1.82) is 0 Å². The SMILES string of the molecule is COC(=O)CCCCC(=O)NCCC(=O)N1Cc2ccccc2CCc2ccccc21. The van der Waals surface area contributed by atoms with Gasteiger partial charge >= 0.3 is 5.97 Å². The summed E-state index contributed by atoms with van der Waals surface area (Å²) >= 11 is 0. The van der Waals surface area contributed by atoms with Crippen LogP contribution in [0.4, 0.5) is 5.69 Å². The number of nitrogens with one attached hydrogen (secondary N) is 1. The van der Waals surface area contributed by atoms with Gasteiger partial charge in [-0.2, -0.15) is 0 Å². The molecule has 3 rings (SSSR count). The Hall–Kier alpha value is -3.15. The molecule has 0 atom stereocenters. The highest BCUT2D eigenvalue weighted by Crippen LogP contribution is 2.28. The fraction of sp³-hybridized carbons (Fsp3) is 0.400. The third-order valence-corrected chi connectivity index (χ3v) is 5.62. The van der Waals surface area contributed by atoms with Crippen LogP contribution >= 0.6 is 0 Å². The van der Waals surface area contributed by atoms with Crippen LogP contribution in [0.1, 0.15) is 48.8 Å². The van der Waals surface area contributed by atoms with Gasteiger partial charge in [-0.25, -0.2) is 0 Å². The Labute approximate surface area is 183 Å². The summed E-state index contributed by atoms with van der Waals surface area (Å²) in [6.45, 7) is 0.836. The molecule has 1 aliphatic rings. The van der Waals surface area contributed by atoms with Crippen molar-refractivity contribution in [3.63, 3.8) is 0 Å². The molecule has 0 fully saturated rings. The third kappa shape index (κ3) is 6.41. The Balaban J connectivity index is 1.56. The van der Waals surface area contributed by atoms with Crippen molar-refractivity contribution in [2.24, 2.45) is 0 Å². The second kappa shape index (κ2) is 11.3. The van der Waals surface area contributed by atoms with E-state index < -0.39 is 0 Å². The Morgan fingerprint density at radius 1 is 0.871 bits per heavy atom. The van der Waals surface area contributed by atoms with E-state index in [1.165, 1.54) is 23.8 Å². The lowest BCUT2D eigenvalue weighted by molar-refractivity contribution is -0.140. The van der Waals surface area contributed by atoms with Crippen LogP contribution in [0, 0.1) is 0 Å². The number of para-hydroxylation sites is 1. The Morgan fingerprint density at radius 2 is 1.52 bits per heavy atom. The van der Waals surface area contributed by atoms with Crippen molar-refractivity contribution in [2.45, 2.75) is 51.5 Å². The van der Waals surface area contributed by atoms with Gasteiger partial charge in [-0.1, -0.05) is 42.5 Å². The van der Waals surface area contributed by atoms with Crippen molar-refractivity contribution >= 4 is 23.5 Å². The molecule has 1 N–H and O–H groups in total. The first-order chi connectivity index (χ1) is 15.1.